The van der Waals surface area contributed by atoms with Crippen molar-refractivity contribution in [1.82, 2.24) is 0 Å². The van der Waals surface area contributed by atoms with Crippen LogP contribution in [0.5, 0.6) is 0 Å². The highest BCUT2D eigenvalue weighted by molar-refractivity contribution is 6.74. The normalized spacial score (nSPS) is 15.5. The Balaban J connectivity index is 5.35. The highest BCUT2D eigenvalue weighted by Gasteiger charge is 2.40. The molecule has 0 spiro atoms. The monoisotopic (exact) mass is 412 g/mol. The van der Waals surface area contributed by atoms with E-state index in [0.29, 0.717) is 12.8 Å². The zero-order valence-electron chi connectivity index (χ0n) is 19.4. The smallest absolute Gasteiger partial charge is 0.330 e. The van der Waals surface area contributed by atoms with Crippen LogP contribution < -0.4 is 0 Å². The summed E-state index contributed by atoms with van der Waals surface area (Å²) in [4.78, 5) is 11.7. The van der Waals surface area contributed by atoms with E-state index in [9.17, 15) is 4.79 Å². The minimum Gasteiger partial charge on any atom is -0.459 e. The van der Waals surface area contributed by atoms with Crippen LogP contribution in [0.25, 0.3) is 0 Å². The number of unbranched alkanes of at least 4 members (excludes halogenated alkanes) is 2. The van der Waals surface area contributed by atoms with E-state index in [1.54, 1.807) is 13.2 Å². The number of rotatable bonds is 15. The van der Waals surface area contributed by atoms with E-state index in [-0.39, 0.29) is 23.4 Å². The number of esters is 1. The summed E-state index contributed by atoms with van der Waals surface area (Å²) in [6.07, 6.45) is 9.53. The van der Waals surface area contributed by atoms with Gasteiger partial charge in [-0.1, -0.05) is 59.6 Å². The van der Waals surface area contributed by atoms with Gasteiger partial charge in [-0.2, -0.15) is 0 Å². The van der Waals surface area contributed by atoms with Gasteiger partial charge in [-0.15, -0.1) is 6.58 Å². The van der Waals surface area contributed by atoms with Crippen molar-refractivity contribution in [3.8, 4) is 0 Å². The van der Waals surface area contributed by atoms with Crippen LogP contribution in [0.4, 0.5) is 0 Å². The molecular formula is C23H44O4Si. The van der Waals surface area contributed by atoms with Gasteiger partial charge in [-0.25, -0.2) is 4.79 Å². The molecule has 0 aromatic carbocycles. The molecule has 0 aliphatic rings. The summed E-state index contributed by atoms with van der Waals surface area (Å²) in [5.74, 6) is -0.399. The first-order valence-electron chi connectivity index (χ1n) is 10.6. The molecule has 4 nitrogen and oxygen atoms in total. The van der Waals surface area contributed by atoms with E-state index in [4.69, 9.17) is 13.9 Å². The number of carbonyl (C=O) groups is 1. The highest BCUT2D eigenvalue weighted by atomic mass is 28.4. The Labute approximate surface area is 174 Å². The second-order valence-corrected chi connectivity index (χ2v) is 13.9. The predicted molar refractivity (Wildman–Crippen MR) is 121 cm³/mol. The van der Waals surface area contributed by atoms with Gasteiger partial charge < -0.3 is 13.9 Å². The molecule has 0 heterocycles. The summed E-state index contributed by atoms with van der Waals surface area (Å²) >= 11 is 0. The van der Waals surface area contributed by atoms with Crippen molar-refractivity contribution in [2.24, 2.45) is 0 Å². The van der Waals surface area contributed by atoms with Crippen LogP contribution >= 0.6 is 0 Å². The van der Waals surface area contributed by atoms with Crippen molar-refractivity contribution in [3.05, 3.63) is 25.3 Å². The third-order valence-corrected chi connectivity index (χ3v) is 10.2. The fourth-order valence-corrected chi connectivity index (χ4v) is 4.30. The second kappa shape index (κ2) is 13.3. The quantitative estimate of drug-likeness (QED) is 0.102. The topological polar surface area (TPSA) is 44.8 Å². The van der Waals surface area contributed by atoms with Crippen LogP contribution in [0.2, 0.25) is 18.1 Å². The number of ether oxygens (including phenoxy) is 2. The lowest BCUT2D eigenvalue weighted by Crippen LogP contribution is -2.45. The van der Waals surface area contributed by atoms with Crippen molar-refractivity contribution in [2.75, 3.05) is 7.11 Å². The van der Waals surface area contributed by atoms with Crippen LogP contribution in [0.1, 0.15) is 72.6 Å². The van der Waals surface area contributed by atoms with Crippen LogP contribution in [0.15, 0.2) is 25.3 Å². The molecule has 0 aromatic heterocycles. The molecule has 0 aliphatic carbocycles. The number of hydrogen-bond donors (Lipinski definition) is 0. The fraction of sp³-hybridized carbons (Fsp3) is 0.783. The van der Waals surface area contributed by atoms with Gasteiger partial charge in [-0.05, 0) is 31.0 Å². The van der Waals surface area contributed by atoms with Crippen molar-refractivity contribution in [3.63, 3.8) is 0 Å². The van der Waals surface area contributed by atoms with Gasteiger partial charge in [0.1, 0.15) is 6.10 Å². The minimum absolute atomic E-state index is 0.0185. The first-order chi connectivity index (χ1) is 13.0. The molecule has 0 radical (unpaired) electrons. The minimum atomic E-state index is -1.97. The Hall–Kier alpha value is -0.913. The molecule has 0 rings (SSSR count). The number of methoxy groups -OCH3 is 1. The van der Waals surface area contributed by atoms with E-state index in [0.717, 1.165) is 19.3 Å². The van der Waals surface area contributed by atoms with Crippen LogP contribution in [-0.2, 0) is 18.7 Å². The number of hydrogen-bond acceptors (Lipinski definition) is 4. The Morgan fingerprint density at radius 2 is 1.68 bits per heavy atom. The van der Waals surface area contributed by atoms with Gasteiger partial charge in [0.25, 0.3) is 0 Å². The molecule has 0 saturated carbocycles. The van der Waals surface area contributed by atoms with Crippen LogP contribution in [-0.4, -0.2) is 39.7 Å². The summed E-state index contributed by atoms with van der Waals surface area (Å²) in [5, 5.41) is 0.113. The summed E-state index contributed by atoms with van der Waals surface area (Å²) < 4.78 is 18.1. The fourth-order valence-electron chi connectivity index (χ4n) is 2.92. The molecule has 0 fully saturated rings. The number of carbonyl (C=O) groups excluding carboxylic acids is 1. The summed E-state index contributed by atoms with van der Waals surface area (Å²) in [6.45, 7) is 20.8. The summed E-state index contributed by atoms with van der Waals surface area (Å²) in [6, 6.07) is 0. The van der Waals surface area contributed by atoms with E-state index in [2.05, 4.69) is 53.9 Å². The van der Waals surface area contributed by atoms with Gasteiger partial charge in [0.05, 0.1) is 12.2 Å². The Morgan fingerprint density at radius 1 is 1.07 bits per heavy atom. The average Bonchev–Trinajstić information content (AvgIpc) is 2.59. The van der Waals surface area contributed by atoms with Gasteiger partial charge in [0.2, 0.25) is 0 Å². The van der Waals surface area contributed by atoms with Crippen molar-refractivity contribution in [1.29, 1.82) is 0 Å². The van der Waals surface area contributed by atoms with E-state index < -0.39 is 14.3 Å². The van der Waals surface area contributed by atoms with Gasteiger partial charge in [-0.3, -0.25) is 0 Å². The van der Waals surface area contributed by atoms with Crippen molar-refractivity contribution < 1.29 is 18.7 Å². The average molecular weight is 413 g/mol. The lowest BCUT2D eigenvalue weighted by molar-refractivity contribution is -0.144. The van der Waals surface area contributed by atoms with E-state index >= 15 is 0 Å². The zero-order chi connectivity index (χ0) is 21.8. The lowest BCUT2D eigenvalue weighted by Gasteiger charge is -2.40. The van der Waals surface area contributed by atoms with Gasteiger partial charge in [0, 0.05) is 26.0 Å². The van der Waals surface area contributed by atoms with Crippen LogP contribution in [0.3, 0.4) is 0 Å². The molecule has 0 amide bonds. The first kappa shape index (κ1) is 27.1. The Morgan fingerprint density at radius 3 is 2.14 bits per heavy atom. The molecule has 0 unspecified atom stereocenters. The van der Waals surface area contributed by atoms with Crippen LogP contribution in [0, 0.1) is 0 Å². The summed E-state index contributed by atoms with van der Waals surface area (Å²) in [5.41, 5.74) is 0. The van der Waals surface area contributed by atoms with Gasteiger partial charge >= 0.3 is 5.97 Å². The molecule has 164 valence electrons. The maximum absolute atomic E-state index is 11.7. The molecule has 3 atom stereocenters. The molecule has 0 saturated heterocycles. The zero-order valence-corrected chi connectivity index (χ0v) is 20.4. The van der Waals surface area contributed by atoms with Crippen molar-refractivity contribution >= 4 is 14.3 Å². The first-order valence-corrected chi connectivity index (χ1v) is 13.6. The predicted octanol–water partition coefficient (Wildman–Crippen LogP) is 6.43. The summed E-state index contributed by atoms with van der Waals surface area (Å²) in [7, 11) is -0.189. The molecule has 5 heteroatoms. The maximum Gasteiger partial charge on any atom is 0.330 e. The molecule has 28 heavy (non-hydrogen) atoms. The molecular weight excluding hydrogens is 368 g/mol. The lowest BCUT2D eigenvalue weighted by atomic mass is 10.00. The third-order valence-electron chi connectivity index (χ3n) is 5.66. The Kier molecular flexibility index (Phi) is 12.9. The Bertz CT molecular complexity index is 468. The standard InChI is InChI=1S/C23H44O4Si/c1-10-13-14-16-19(25-7)17-21(27-28(8,9)23(4,5)6)18-20(15-11-2)26-22(24)12-3/h11-12,19-21H,2-3,10,13-18H2,1,4-9H3/t19-,20+,21-/m0/s1. The maximum atomic E-state index is 11.7. The SMILES string of the molecule is C=CC[C@H](C[C@H](C[C@H](CCCCC)OC)O[Si](C)(C)C(C)(C)C)OC(=O)C=C. The van der Waals surface area contributed by atoms with Crippen molar-refractivity contribution in [2.45, 2.75) is 109 Å². The second-order valence-electron chi connectivity index (χ2n) is 9.11. The molecule has 0 bridgehead atoms. The van der Waals surface area contributed by atoms with E-state index in [1.807, 2.05) is 0 Å². The highest BCUT2D eigenvalue weighted by Crippen LogP contribution is 2.38. The van der Waals surface area contributed by atoms with E-state index in [1.165, 1.54) is 18.9 Å². The molecule has 0 aliphatic heterocycles. The van der Waals surface area contributed by atoms with Gasteiger partial charge in [0.15, 0.2) is 8.32 Å². The molecule has 0 N–H and O–H groups in total. The largest absolute Gasteiger partial charge is 0.459 e. The third kappa shape index (κ3) is 10.6. The molecule has 0 aromatic rings.